The number of anilines is 2. The molecule has 2 aromatic carbocycles. The maximum Gasteiger partial charge on any atom is 0.329 e. The van der Waals surface area contributed by atoms with Crippen molar-refractivity contribution in [3.63, 3.8) is 0 Å². The van der Waals surface area contributed by atoms with Gasteiger partial charge in [-0.25, -0.2) is 14.2 Å². The van der Waals surface area contributed by atoms with Crippen molar-refractivity contribution in [1.82, 2.24) is 25.1 Å². The molecule has 4 aliphatic rings. The number of carbonyl (C=O) groups is 3. The highest BCUT2D eigenvalue weighted by Gasteiger charge is 2.64. The fourth-order valence-corrected chi connectivity index (χ4v) is 10.4. The summed E-state index contributed by atoms with van der Waals surface area (Å²) in [5, 5.41) is 15.8. The van der Waals surface area contributed by atoms with Crippen LogP contribution in [0.3, 0.4) is 0 Å². The number of nitrogens with one attached hydrogen (secondary N) is 2. The van der Waals surface area contributed by atoms with E-state index in [1.807, 2.05) is 12.1 Å². The highest BCUT2D eigenvalue weighted by molar-refractivity contribution is 6.08. The van der Waals surface area contributed by atoms with Crippen LogP contribution in [0.5, 0.6) is 11.5 Å². The van der Waals surface area contributed by atoms with Crippen LogP contribution in [-0.4, -0.2) is 90.8 Å². The van der Waals surface area contributed by atoms with E-state index >= 15 is 4.39 Å². The van der Waals surface area contributed by atoms with Gasteiger partial charge in [0.1, 0.15) is 35.3 Å². The summed E-state index contributed by atoms with van der Waals surface area (Å²) in [4.78, 5) is 48.5. The average molecular weight is 805 g/mol. The molecule has 3 aliphatic heterocycles. The maximum atomic E-state index is 15.7. The average Bonchev–Trinajstić information content (AvgIpc) is 3.67. The minimum Gasteiger partial charge on any atom is -0.495 e. The number of nitrogens with zero attached hydrogens (tertiary/aromatic N) is 6. The number of hydrogen-bond acceptors (Lipinski definition) is 9. The first-order chi connectivity index (χ1) is 28.3. The van der Waals surface area contributed by atoms with Crippen molar-refractivity contribution < 1.29 is 28.2 Å². The Kier molecular flexibility index (Phi) is 10.8. The number of urea groups is 1. The molecule has 4 aromatic rings. The Morgan fingerprint density at radius 2 is 1.73 bits per heavy atom. The number of benzene rings is 2. The van der Waals surface area contributed by atoms with E-state index in [9.17, 15) is 19.6 Å². The lowest BCUT2D eigenvalue weighted by Gasteiger charge is -2.63. The number of amides is 4. The number of ether oxygens (including phenoxy) is 2. The van der Waals surface area contributed by atoms with Gasteiger partial charge >= 0.3 is 6.03 Å². The molecule has 2 aromatic heterocycles. The molecule has 0 spiro atoms. The van der Waals surface area contributed by atoms with Crippen LogP contribution >= 0.6 is 0 Å². The van der Waals surface area contributed by atoms with Gasteiger partial charge in [-0.15, -0.1) is 0 Å². The zero-order valence-electron chi connectivity index (χ0n) is 34.5. The van der Waals surface area contributed by atoms with Gasteiger partial charge in [-0.1, -0.05) is 27.7 Å². The first kappa shape index (κ1) is 40.1. The monoisotopic (exact) mass is 804 g/mol. The third-order valence-corrected chi connectivity index (χ3v) is 13.2. The van der Waals surface area contributed by atoms with Gasteiger partial charge < -0.3 is 29.2 Å². The SMILES string of the molecule is COc1cc(OC2C(C)(C)C(NC(=O)c3ccc(N4CCC(CN5CCC(n6ccc7c(N8CCC(=O)NC8=O)nccc76)CC5)CC4)c(F)c3)C2(C)C)ccc1C#N. The lowest BCUT2D eigenvalue weighted by Crippen LogP contribution is -2.74. The summed E-state index contributed by atoms with van der Waals surface area (Å²) >= 11 is 0. The van der Waals surface area contributed by atoms with Gasteiger partial charge in [0.15, 0.2) is 0 Å². The van der Waals surface area contributed by atoms with Gasteiger partial charge in [0.2, 0.25) is 5.91 Å². The Morgan fingerprint density at radius 3 is 2.41 bits per heavy atom. The van der Waals surface area contributed by atoms with E-state index in [0.29, 0.717) is 47.1 Å². The molecule has 14 heteroatoms. The quantitative estimate of drug-likeness (QED) is 0.180. The second-order valence-corrected chi connectivity index (χ2v) is 17.7. The highest BCUT2D eigenvalue weighted by atomic mass is 19.1. The molecule has 310 valence electrons. The Labute approximate surface area is 344 Å². The normalized spacial score (nSPS) is 22.4. The topological polar surface area (TPSA) is 145 Å². The first-order valence-electron chi connectivity index (χ1n) is 20.7. The van der Waals surface area contributed by atoms with Gasteiger partial charge in [0.05, 0.1) is 23.9 Å². The standard InChI is InChI=1S/C45H53FN8O5/c1-44(2)41(45(3,4)42(44)59-32-8-6-30(26-47)37(25-32)58-5)50-40(56)29-7-9-36(34(46)24-29)52-20-11-28(12-21-52)27-51-18-13-31(14-19-51)53-22-15-33-35(53)10-17-48-39(33)54-23-16-38(55)49-43(54)57/h6-10,15,17,22,24-25,28,31,41-42H,11-14,16,18-21,23,27H2,1-5H3,(H,50,56)(H,49,55,57). The molecule has 1 aliphatic carbocycles. The van der Waals surface area contributed by atoms with Gasteiger partial charge in [-0.2, -0.15) is 5.26 Å². The first-order valence-corrected chi connectivity index (χ1v) is 20.7. The Hall–Kier alpha value is -5.68. The zero-order valence-corrected chi connectivity index (χ0v) is 34.5. The van der Waals surface area contributed by atoms with Gasteiger partial charge in [0.25, 0.3) is 5.91 Å². The highest BCUT2D eigenvalue weighted by Crippen LogP contribution is 2.55. The molecule has 8 rings (SSSR count). The molecular weight excluding hydrogens is 752 g/mol. The number of hydrogen-bond donors (Lipinski definition) is 2. The number of likely N-dealkylation sites (tertiary alicyclic amines) is 1. The molecule has 5 heterocycles. The Morgan fingerprint density at radius 1 is 0.983 bits per heavy atom. The van der Waals surface area contributed by atoms with E-state index < -0.39 is 22.7 Å². The lowest BCUT2D eigenvalue weighted by molar-refractivity contribution is -0.164. The van der Waals surface area contributed by atoms with Gasteiger partial charge in [-0.05, 0) is 74.1 Å². The maximum absolute atomic E-state index is 15.7. The van der Waals surface area contributed by atoms with Crippen LogP contribution in [0.4, 0.5) is 20.7 Å². The van der Waals surface area contributed by atoms with Crippen molar-refractivity contribution >= 4 is 40.3 Å². The Bertz CT molecular complexity index is 2290. The second kappa shape index (κ2) is 15.8. The van der Waals surface area contributed by atoms with Crippen molar-refractivity contribution in [2.45, 2.75) is 78.0 Å². The van der Waals surface area contributed by atoms with Gasteiger partial charge in [-0.3, -0.25) is 19.8 Å². The number of carbonyl (C=O) groups excluding carboxylic acids is 3. The van der Waals surface area contributed by atoms with Crippen molar-refractivity contribution in [2.24, 2.45) is 16.7 Å². The predicted octanol–water partition coefficient (Wildman–Crippen LogP) is 6.67. The third kappa shape index (κ3) is 7.57. The molecule has 0 radical (unpaired) electrons. The summed E-state index contributed by atoms with van der Waals surface area (Å²) in [6, 6.07) is 15.8. The number of methoxy groups -OCH3 is 1. The third-order valence-electron chi connectivity index (χ3n) is 13.2. The molecule has 3 saturated heterocycles. The summed E-state index contributed by atoms with van der Waals surface area (Å²) in [7, 11) is 1.52. The molecule has 4 amide bonds. The number of nitriles is 1. The van der Waals surface area contributed by atoms with Crippen LogP contribution < -0.4 is 29.9 Å². The summed E-state index contributed by atoms with van der Waals surface area (Å²) < 4.78 is 29.8. The molecule has 59 heavy (non-hydrogen) atoms. The summed E-state index contributed by atoms with van der Waals surface area (Å²) in [5.74, 6) is 1.16. The van der Waals surface area contributed by atoms with E-state index in [1.54, 1.807) is 41.4 Å². The van der Waals surface area contributed by atoms with Crippen LogP contribution in [0.1, 0.15) is 81.8 Å². The minimum absolute atomic E-state index is 0.231. The number of fused-ring (bicyclic) bond motifs is 1. The lowest BCUT2D eigenvalue weighted by atomic mass is 9.49. The predicted molar refractivity (Wildman–Crippen MR) is 222 cm³/mol. The number of aromatic nitrogens is 2. The minimum atomic E-state index is -0.432. The summed E-state index contributed by atoms with van der Waals surface area (Å²) in [6.45, 7) is 13.0. The molecule has 1 saturated carbocycles. The second-order valence-electron chi connectivity index (χ2n) is 17.7. The van der Waals surface area contributed by atoms with Crippen LogP contribution in [0.2, 0.25) is 0 Å². The number of pyridine rings is 1. The van der Waals surface area contributed by atoms with E-state index in [0.717, 1.165) is 69.3 Å². The van der Waals surface area contributed by atoms with Crippen LogP contribution in [-0.2, 0) is 4.79 Å². The van der Waals surface area contributed by atoms with Crippen LogP contribution in [0.25, 0.3) is 10.9 Å². The van der Waals surface area contributed by atoms with E-state index in [4.69, 9.17) is 9.47 Å². The van der Waals surface area contributed by atoms with Crippen molar-refractivity contribution in [2.75, 3.05) is 56.2 Å². The van der Waals surface area contributed by atoms with E-state index in [-0.39, 0.29) is 35.9 Å². The van der Waals surface area contributed by atoms with E-state index in [2.05, 4.69) is 69.9 Å². The summed E-state index contributed by atoms with van der Waals surface area (Å²) in [5.41, 5.74) is 1.42. The van der Waals surface area contributed by atoms with Crippen molar-refractivity contribution in [3.05, 3.63) is 77.9 Å². The Balaban J connectivity index is 0.817. The number of imide groups is 1. The van der Waals surface area contributed by atoms with Crippen molar-refractivity contribution in [1.29, 1.82) is 5.26 Å². The molecule has 4 fully saturated rings. The smallest absolute Gasteiger partial charge is 0.329 e. The molecule has 13 nitrogen and oxygen atoms in total. The number of piperidine rings is 2. The fourth-order valence-electron chi connectivity index (χ4n) is 10.4. The molecule has 0 bridgehead atoms. The largest absolute Gasteiger partial charge is 0.495 e. The molecule has 2 N–H and O–H groups in total. The fraction of sp³-hybridized carbons (Fsp3) is 0.489. The molecule has 0 unspecified atom stereocenters. The molecular formula is C45H53FN8O5. The summed E-state index contributed by atoms with van der Waals surface area (Å²) in [6.07, 6.45) is 7.82. The van der Waals surface area contributed by atoms with Crippen LogP contribution in [0.15, 0.2) is 60.9 Å². The van der Waals surface area contributed by atoms with Crippen LogP contribution in [0, 0.1) is 33.9 Å². The van der Waals surface area contributed by atoms with Crippen molar-refractivity contribution in [3.8, 4) is 17.6 Å². The number of rotatable bonds is 10. The number of halogens is 1. The van der Waals surface area contributed by atoms with E-state index in [1.165, 1.54) is 13.2 Å². The zero-order chi connectivity index (χ0) is 41.6. The van der Waals surface area contributed by atoms with Gasteiger partial charge in [0, 0.05) is 98.0 Å². The molecule has 0 atom stereocenters.